The number of benzene rings is 1. The molecule has 0 saturated carbocycles. The number of rotatable bonds is 0. The third-order valence-electron chi connectivity index (χ3n) is 3.75. The molecule has 1 aromatic carbocycles. The first kappa shape index (κ1) is 9.71. The van der Waals surface area contributed by atoms with Gasteiger partial charge in [-0.05, 0) is 43.4 Å². The van der Waals surface area contributed by atoms with Crippen molar-refractivity contribution >= 4 is 0 Å². The van der Waals surface area contributed by atoms with Gasteiger partial charge in [0.2, 0.25) is 0 Å². The van der Waals surface area contributed by atoms with Crippen LogP contribution in [0, 0.1) is 6.92 Å². The maximum atomic E-state index is 5.87. The molecule has 0 amide bonds. The zero-order chi connectivity index (χ0) is 11.1. The Morgan fingerprint density at radius 3 is 3.00 bits per heavy atom. The van der Waals surface area contributed by atoms with E-state index in [1.165, 1.54) is 35.1 Å². The van der Waals surface area contributed by atoms with Crippen molar-refractivity contribution in [3.05, 3.63) is 58.3 Å². The molecule has 2 aliphatic rings. The number of fused-ring (bicyclic) bond motifs is 3. The smallest absolute Gasteiger partial charge is 0.0273 e. The van der Waals surface area contributed by atoms with Gasteiger partial charge in [0.05, 0.1) is 0 Å². The predicted octanol–water partition coefficient (Wildman–Crippen LogP) is 3.20. The van der Waals surface area contributed by atoms with Gasteiger partial charge in [0, 0.05) is 11.6 Å². The van der Waals surface area contributed by atoms with E-state index in [-0.39, 0.29) is 0 Å². The second-order valence-electron chi connectivity index (χ2n) is 4.91. The monoisotopic (exact) mass is 211 g/mol. The van der Waals surface area contributed by atoms with Gasteiger partial charge in [-0.3, -0.25) is 0 Å². The second-order valence-corrected chi connectivity index (χ2v) is 4.91. The van der Waals surface area contributed by atoms with Crippen molar-refractivity contribution in [3.8, 4) is 0 Å². The van der Waals surface area contributed by atoms with E-state index in [4.69, 9.17) is 5.73 Å². The summed E-state index contributed by atoms with van der Waals surface area (Å²) in [7, 11) is 0. The molecule has 1 nitrogen and oxygen atoms in total. The second kappa shape index (κ2) is 3.51. The molecule has 3 rings (SSSR count). The van der Waals surface area contributed by atoms with Crippen molar-refractivity contribution in [2.75, 3.05) is 0 Å². The lowest BCUT2D eigenvalue weighted by Crippen LogP contribution is -2.16. The van der Waals surface area contributed by atoms with Gasteiger partial charge in [-0.1, -0.05) is 35.4 Å². The van der Waals surface area contributed by atoms with E-state index in [1.54, 1.807) is 0 Å². The molecule has 0 aromatic heterocycles. The third-order valence-corrected chi connectivity index (χ3v) is 3.75. The molecule has 0 spiro atoms. The average Bonchev–Trinajstić information content (AvgIpc) is 2.28. The van der Waals surface area contributed by atoms with Crippen molar-refractivity contribution in [1.29, 1.82) is 0 Å². The van der Waals surface area contributed by atoms with Gasteiger partial charge in [-0.15, -0.1) is 0 Å². The average molecular weight is 211 g/mol. The minimum Gasteiger partial charge on any atom is -0.399 e. The molecular formula is C15H17N. The van der Waals surface area contributed by atoms with Gasteiger partial charge in [0.25, 0.3) is 0 Å². The molecule has 0 saturated heterocycles. The molecular weight excluding hydrogens is 194 g/mol. The normalized spacial score (nSPS) is 22.9. The Morgan fingerprint density at radius 2 is 2.12 bits per heavy atom. The zero-order valence-corrected chi connectivity index (χ0v) is 9.66. The minimum absolute atomic E-state index is 0.594. The van der Waals surface area contributed by atoms with Gasteiger partial charge in [-0.2, -0.15) is 0 Å². The van der Waals surface area contributed by atoms with Crippen LogP contribution in [0.25, 0.3) is 0 Å². The highest BCUT2D eigenvalue weighted by Gasteiger charge is 2.25. The van der Waals surface area contributed by atoms with Crippen molar-refractivity contribution < 1.29 is 0 Å². The van der Waals surface area contributed by atoms with Gasteiger partial charge in [0.1, 0.15) is 0 Å². The topological polar surface area (TPSA) is 26.0 Å². The Labute approximate surface area is 96.7 Å². The first-order chi connectivity index (χ1) is 7.74. The van der Waals surface area contributed by atoms with E-state index in [1.807, 2.05) is 0 Å². The molecule has 16 heavy (non-hydrogen) atoms. The fourth-order valence-corrected chi connectivity index (χ4v) is 2.92. The quantitative estimate of drug-likeness (QED) is 0.700. The Morgan fingerprint density at radius 1 is 1.25 bits per heavy atom. The van der Waals surface area contributed by atoms with E-state index in [9.17, 15) is 0 Å². The highest BCUT2D eigenvalue weighted by molar-refractivity contribution is 5.46. The lowest BCUT2D eigenvalue weighted by Gasteiger charge is -2.30. The Hall–Kier alpha value is -1.50. The fourth-order valence-electron chi connectivity index (χ4n) is 2.92. The Kier molecular flexibility index (Phi) is 2.13. The summed E-state index contributed by atoms with van der Waals surface area (Å²) in [5.74, 6) is 0.594. The van der Waals surface area contributed by atoms with E-state index in [0.717, 1.165) is 12.1 Å². The van der Waals surface area contributed by atoms with Crippen molar-refractivity contribution in [1.82, 2.24) is 0 Å². The molecule has 0 radical (unpaired) electrons. The lowest BCUT2D eigenvalue weighted by atomic mass is 9.75. The summed E-state index contributed by atoms with van der Waals surface area (Å²) in [5, 5.41) is 0. The summed E-state index contributed by atoms with van der Waals surface area (Å²) in [5.41, 5.74) is 12.8. The molecule has 2 N–H and O–H groups in total. The van der Waals surface area contributed by atoms with Crippen LogP contribution < -0.4 is 5.73 Å². The van der Waals surface area contributed by atoms with Crippen LogP contribution in [-0.2, 0) is 6.42 Å². The van der Waals surface area contributed by atoms with Crippen LogP contribution in [-0.4, -0.2) is 0 Å². The van der Waals surface area contributed by atoms with E-state index in [0.29, 0.717) is 5.92 Å². The van der Waals surface area contributed by atoms with Crippen LogP contribution in [0.3, 0.4) is 0 Å². The zero-order valence-electron chi connectivity index (χ0n) is 9.66. The standard InChI is InChI=1S/C15H17N/c1-10-2-6-14-11(8-10)3-4-12-9-13(16)5-7-15(12)14/h2,5-6,8-9,15H,3-4,7,16H2,1H3. The summed E-state index contributed by atoms with van der Waals surface area (Å²) in [6.45, 7) is 2.17. The molecule has 0 aliphatic heterocycles. The Balaban J connectivity index is 2.06. The van der Waals surface area contributed by atoms with Gasteiger partial charge >= 0.3 is 0 Å². The molecule has 1 heteroatoms. The molecule has 1 unspecified atom stereocenters. The number of hydrogen-bond donors (Lipinski definition) is 1. The molecule has 2 aliphatic carbocycles. The predicted molar refractivity (Wildman–Crippen MR) is 67.2 cm³/mol. The summed E-state index contributed by atoms with van der Waals surface area (Å²) >= 11 is 0. The van der Waals surface area contributed by atoms with Crippen molar-refractivity contribution in [3.63, 3.8) is 0 Å². The van der Waals surface area contributed by atoms with E-state index < -0.39 is 0 Å². The van der Waals surface area contributed by atoms with Crippen molar-refractivity contribution in [2.45, 2.75) is 32.1 Å². The van der Waals surface area contributed by atoms with Crippen LogP contribution in [0.2, 0.25) is 0 Å². The third kappa shape index (κ3) is 1.47. The SMILES string of the molecule is Cc1ccc2c(c1)CCC1=CC(N)=CCC12. The molecule has 0 fully saturated rings. The molecule has 0 heterocycles. The fraction of sp³-hybridized carbons (Fsp3) is 0.333. The summed E-state index contributed by atoms with van der Waals surface area (Å²) < 4.78 is 0. The molecule has 0 bridgehead atoms. The highest BCUT2D eigenvalue weighted by Crippen LogP contribution is 2.40. The Bertz CT molecular complexity index is 494. The van der Waals surface area contributed by atoms with E-state index >= 15 is 0 Å². The largest absolute Gasteiger partial charge is 0.399 e. The van der Waals surface area contributed by atoms with Gasteiger partial charge < -0.3 is 5.73 Å². The van der Waals surface area contributed by atoms with Crippen LogP contribution in [0.1, 0.15) is 35.4 Å². The van der Waals surface area contributed by atoms with Crippen molar-refractivity contribution in [2.24, 2.45) is 5.73 Å². The summed E-state index contributed by atoms with van der Waals surface area (Å²) in [6, 6.07) is 6.87. The number of hydrogen-bond acceptors (Lipinski definition) is 1. The molecule has 1 atom stereocenters. The van der Waals surface area contributed by atoms with Crippen LogP contribution in [0.5, 0.6) is 0 Å². The summed E-state index contributed by atoms with van der Waals surface area (Å²) in [4.78, 5) is 0. The highest BCUT2D eigenvalue weighted by atomic mass is 14.6. The number of nitrogens with two attached hydrogens (primary N) is 1. The lowest BCUT2D eigenvalue weighted by molar-refractivity contribution is 0.682. The van der Waals surface area contributed by atoms with Crippen LogP contribution >= 0.6 is 0 Å². The van der Waals surface area contributed by atoms with E-state index in [2.05, 4.69) is 37.3 Å². The first-order valence-corrected chi connectivity index (χ1v) is 5.99. The van der Waals surface area contributed by atoms with Gasteiger partial charge in [0.15, 0.2) is 0 Å². The first-order valence-electron chi connectivity index (χ1n) is 5.99. The number of allylic oxidation sites excluding steroid dienone is 3. The molecule has 82 valence electrons. The number of aryl methyl sites for hydroxylation is 2. The molecule has 1 aromatic rings. The summed E-state index contributed by atoms with van der Waals surface area (Å²) in [6.07, 6.45) is 7.76. The van der Waals surface area contributed by atoms with Gasteiger partial charge in [-0.25, -0.2) is 0 Å². The van der Waals surface area contributed by atoms with Crippen LogP contribution in [0.15, 0.2) is 41.6 Å². The maximum absolute atomic E-state index is 5.87. The van der Waals surface area contributed by atoms with Crippen LogP contribution in [0.4, 0.5) is 0 Å². The minimum atomic E-state index is 0.594. The maximum Gasteiger partial charge on any atom is 0.0273 e.